The molecular formula is C14H18BrNO2. The normalized spacial score (nSPS) is 23.1. The molecule has 1 amide bonds. The molecule has 0 aromatic heterocycles. The molecule has 1 aromatic carbocycles. The summed E-state index contributed by atoms with van der Waals surface area (Å²) in [6.07, 6.45) is 1.08. The van der Waals surface area contributed by atoms with Crippen molar-refractivity contribution in [1.29, 1.82) is 0 Å². The van der Waals surface area contributed by atoms with Crippen molar-refractivity contribution in [2.24, 2.45) is 5.92 Å². The van der Waals surface area contributed by atoms with E-state index in [1.54, 1.807) is 0 Å². The number of para-hydroxylation sites is 1. The summed E-state index contributed by atoms with van der Waals surface area (Å²) in [5, 5.41) is 0.839. The van der Waals surface area contributed by atoms with Crippen LogP contribution in [0, 0.1) is 5.92 Å². The van der Waals surface area contributed by atoms with Gasteiger partial charge in [0.25, 0.3) is 5.91 Å². The van der Waals surface area contributed by atoms with E-state index in [1.165, 1.54) is 0 Å². The van der Waals surface area contributed by atoms with Gasteiger partial charge in [0.1, 0.15) is 5.75 Å². The lowest BCUT2D eigenvalue weighted by molar-refractivity contribution is -0.134. The van der Waals surface area contributed by atoms with Crippen LogP contribution in [0.4, 0.5) is 0 Å². The van der Waals surface area contributed by atoms with Crippen molar-refractivity contribution < 1.29 is 9.53 Å². The molecule has 0 spiro atoms. The Labute approximate surface area is 116 Å². The summed E-state index contributed by atoms with van der Waals surface area (Å²) in [4.78, 5) is 14.0. The van der Waals surface area contributed by atoms with E-state index in [-0.39, 0.29) is 12.5 Å². The van der Waals surface area contributed by atoms with E-state index in [4.69, 9.17) is 4.74 Å². The van der Waals surface area contributed by atoms with Gasteiger partial charge in [-0.1, -0.05) is 41.1 Å². The van der Waals surface area contributed by atoms with Gasteiger partial charge in [0.2, 0.25) is 0 Å². The molecule has 18 heavy (non-hydrogen) atoms. The van der Waals surface area contributed by atoms with Crippen LogP contribution in [0.15, 0.2) is 30.3 Å². The molecule has 0 N–H and O–H groups in total. The Bertz CT molecular complexity index is 396. The van der Waals surface area contributed by atoms with Gasteiger partial charge in [-0.3, -0.25) is 4.79 Å². The number of hydrogen-bond acceptors (Lipinski definition) is 2. The first-order chi connectivity index (χ1) is 8.72. The average Bonchev–Trinajstić information content (AvgIpc) is 2.78. The summed E-state index contributed by atoms with van der Waals surface area (Å²) in [6.45, 7) is 3.16. The van der Waals surface area contributed by atoms with Crippen molar-refractivity contribution in [3.63, 3.8) is 0 Å². The topological polar surface area (TPSA) is 29.5 Å². The predicted molar refractivity (Wildman–Crippen MR) is 75.0 cm³/mol. The molecule has 0 aliphatic carbocycles. The Balaban J connectivity index is 1.88. The van der Waals surface area contributed by atoms with E-state index in [2.05, 4.69) is 22.9 Å². The molecule has 1 aliphatic heterocycles. The highest BCUT2D eigenvalue weighted by atomic mass is 79.9. The van der Waals surface area contributed by atoms with Crippen molar-refractivity contribution in [2.45, 2.75) is 19.4 Å². The third-order valence-electron chi connectivity index (χ3n) is 3.47. The van der Waals surface area contributed by atoms with Gasteiger partial charge in [0.05, 0.1) is 0 Å². The molecule has 4 heteroatoms. The smallest absolute Gasteiger partial charge is 0.260 e. The second kappa shape index (κ2) is 6.23. The molecule has 0 radical (unpaired) electrons. The maximum absolute atomic E-state index is 12.1. The number of alkyl halides is 1. The third-order valence-corrected chi connectivity index (χ3v) is 4.13. The highest BCUT2D eigenvalue weighted by Crippen LogP contribution is 2.25. The van der Waals surface area contributed by atoms with Gasteiger partial charge in [-0.25, -0.2) is 0 Å². The number of hydrogen-bond donors (Lipinski definition) is 0. The zero-order chi connectivity index (χ0) is 13.0. The van der Waals surface area contributed by atoms with Crippen LogP contribution in [0.3, 0.4) is 0 Å². The zero-order valence-electron chi connectivity index (χ0n) is 10.5. The molecule has 2 atom stereocenters. The number of rotatable bonds is 4. The van der Waals surface area contributed by atoms with Gasteiger partial charge < -0.3 is 9.64 Å². The van der Waals surface area contributed by atoms with Crippen LogP contribution in [-0.2, 0) is 4.79 Å². The maximum Gasteiger partial charge on any atom is 0.260 e. The molecule has 0 saturated carbocycles. The quantitative estimate of drug-likeness (QED) is 0.800. The van der Waals surface area contributed by atoms with Crippen molar-refractivity contribution in [3.8, 4) is 5.75 Å². The molecule has 1 aliphatic rings. The van der Waals surface area contributed by atoms with Crippen LogP contribution in [0.1, 0.15) is 13.3 Å². The summed E-state index contributed by atoms with van der Waals surface area (Å²) < 4.78 is 5.50. The number of amides is 1. The van der Waals surface area contributed by atoms with Crippen LogP contribution in [0.2, 0.25) is 0 Å². The second-order valence-electron chi connectivity index (χ2n) is 4.68. The Morgan fingerprint density at radius 3 is 2.83 bits per heavy atom. The van der Waals surface area contributed by atoms with E-state index in [0.29, 0.717) is 12.0 Å². The van der Waals surface area contributed by atoms with E-state index in [9.17, 15) is 4.79 Å². The second-order valence-corrected chi connectivity index (χ2v) is 5.32. The van der Waals surface area contributed by atoms with Gasteiger partial charge in [-0.15, -0.1) is 0 Å². The van der Waals surface area contributed by atoms with Crippen LogP contribution < -0.4 is 4.74 Å². The summed E-state index contributed by atoms with van der Waals surface area (Å²) in [7, 11) is 0. The Kier molecular flexibility index (Phi) is 4.64. The first-order valence-electron chi connectivity index (χ1n) is 6.25. The number of likely N-dealkylation sites (tertiary alicyclic amines) is 1. The number of carbonyl (C=O) groups excluding carboxylic acids is 1. The SMILES string of the molecule is CC1CCN(C(=O)COc2ccccc2)C1CBr. The lowest BCUT2D eigenvalue weighted by Crippen LogP contribution is -2.41. The van der Waals surface area contributed by atoms with E-state index >= 15 is 0 Å². The standard InChI is InChI=1S/C14H18BrNO2/c1-11-7-8-16(13(11)9-15)14(17)10-18-12-5-3-2-4-6-12/h2-6,11,13H,7-10H2,1H3. The zero-order valence-corrected chi connectivity index (χ0v) is 12.1. The lowest BCUT2D eigenvalue weighted by Gasteiger charge is -2.25. The predicted octanol–water partition coefficient (Wildman–Crippen LogP) is 2.70. The number of carbonyl (C=O) groups is 1. The minimum Gasteiger partial charge on any atom is -0.484 e. The minimum atomic E-state index is 0.0765. The van der Waals surface area contributed by atoms with Gasteiger partial charge in [0.15, 0.2) is 6.61 Å². The van der Waals surface area contributed by atoms with Crippen molar-refractivity contribution in [2.75, 3.05) is 18.5 Å². The maximum atomic E-state index is 12.1. The first-order valence-corrected chi connectivity index (χ1v) is 7.38. The molecule has 3 nitrogen and oxygen atoms in total. The minimum absolute atomic E-state index is 0.0765. The number of benzene rings is 1. The lowest BCUT2D eigenvalue weighted by atomic mass is 10.1. The summed E-state index contributed by atoms with van der Waals surface area (Å²) in [5.74, 6) is 1.38. The number of halogens is 1. The van der Waals surface area contributed by atoms with Crippen LogP contribution >= 0.6 is 15.9 Å². The van der Waals surface area contributed by atoms with Crippen molar-refractivity contribution in [3.05, 3.63) is 30.3 Å². The Hall–Kier alpha value is -1.03. The molecule has 1 heterocycles. The van der Waals surface area contributed by atoms with Crippen LogP contribution in [0.5, 0.6) is 5.75 Å². The Morgan fingerprint density at radius 1 is 1.44 bits per heavy atom. The highest BCUT2D eigenvalue weighted by molar-refractivity contribution is 9.09. The van der Waals surface area contributed by atoms with Crippen molar-refractivity contribution in [1.82, 2.24) is 4.90 Å². The van der Waals surface area contributed by atoms with Crippen LogP contribution in [0.25, 0.3) is 0 Å². The fraction of sp³-hybridized carbons (Fsp3) is 0.500. The molecule has 0 bridgehead atoms. The number of ether oxygens (including phenoxy) is 1. The van der Waals surface area contributed by atoms with Crippen LogP contribution in [-0.4, -0.2) is 35.3 Å². The summed E-state index contributed by atoms with van der Waals surface area (Å²) in [5.41, 5.74) is 0. The fourth-order valence-corrected chi connectivity index (χ4v) is 3.29. The summed E-state index contributed by atoms with van der Waals surface area (Å²) >= 11 is 3.49. The number of nitrogens with zero attached hydrogens (tertiary/aromatic N) is 1. The third kappa shape index (κ3) is 3.05. The molecule has 2 unspecified atom stereocenters. The average molecular weight is 312 g/mol. The fourth-order valence-electron chi connectivity index (χ4n) is 2.30. The largest absolute Gasteiger partial charge is 0.484 e. The molecule has 1 saturated heterocycles. The summed E-state index contributed by atoms with van der Waals surface area (Å²) in [6, 6.07) is 9.76. The molecule has 98 valence electrons. The highest BCUT2D eigenvalue weighted by Gasteiger charge is 2.33. The Morgan fingerprint density at radius 2 is 2.17 bits per heavy atom. The van der Waals surface area contributed by atoms with E-state index in [0.717, 1.165) is 24.0 Å². The molecular weight excluding hydrogens is 294 g/mol. The van der Waals surface area contributed by atoms with Gasteiger partial charge in [-0.2, -0.15) is 0 Å². The van der Waals surface area contributed by atoms with Gasteiger partial charge in [-0.05, 0) is 24.5 Å². The van der Waals surface area contributed by atoms with Gasteiger partial charge in [0, 0.05) is 17.9 Å². The monoisotopic (exact) mass is 311 g/mol. The van der Waals surface area contributed by atoms with Crippen molar-refractivity contribution >= 4 is 21.8 Å². The molecule has 1 fully saturated rings. The first kappa shape index (κ1) is 13.4. The van der Waals surface area contributed by atoms with E-state index < -0.39 is 0 Å². The van der Waals surface area contributed by atoms with Gasteiger partial charge >= 0.3 is 0 Å². The molecule has 2 rings (SSSR count). The van der Waals surface area contributed by atoms with E-state index in [1.807, 2.05) is 35.2 Å². The molecule has 1 aromatic rings.